The fourth-order valence-corrected chi connectivity index (χ4v) is 3.25. The van der Waals surface area contributed by atoms with Gasteiger partial charge < -0.3 is 24.9 Å². The van der Waals surface area contributed by atoms with E-state index < -0.39 is 5.97 Å². The molecule has 1 aromatic heterocycles. The molecule has 0 saturated heterocycles. The van der Waals surface area contributed by atoms with Gasteiger partial charge in [0.15, 0.2) is 5.58 Å². The van der Waals surface area contributed by atoms with Gasteiger partial charge in [0.25, 0.3) is 6.01 Å². The molecule has 8 nitrogen and oxygen atoms in total. The monoisotopic (exact) mass is 445 g/mol. The molecule has 0 saturated carbocycles. The van der Waals surface area contributed by atoms with Gasteiger partial charge in [-0.15, -0.1) is 0 Å². The lowest BCUT2D eigenvalue weighted by atomic mass is 10.1. The number of carboxylic acid groups (broad SMARTS) is 1. The Morgan fingerprint density at radius 2 is 1.79 bits per heavy atom. The van der Waals surface area contributed by atoms with Crippen molar-refractivity contribution in [1.82, 2.24) is 4.98 Å². The number of hydrogen-bond acceptors (Lipinski definition) is 6. The number of oxazole rings is 1. The molecule has 3 N–H and O–H groups in total. The summed E-state index contributed by atoms with van der Waals surface area (Å²) < 4.78 is 11.3. The maximum absolute atomic E-state index is 12.5. The average molecular weight is 445 g/mol. The number of nitrogens with zero attached hydrogens (tertiary/aromatic N) is 1. The molecule has 0 aliphatic heterocycles. The number of carboxylic acids is 1. The second-order valence-corrected chi connectivity index (χ2v) is 7.41. The van der Waals surface area contributed by atoms with E-state index in [2.05, 4.69) is 15.6 Å². The Hall–Kier alpha value is -4.33. The summed E-state index contributed by atoms with van der Waals surface area (Å²) in [7, 11) is 0. The topological polar surface area (TPSA) is 114 Å². The molecule has 33 heavy (non-hydrogen) atoms. The molecule has 4 aromatic rings. The number of para-hydroxylation sites is 1. The molecule has 0 fully saturated rings. The van der Waals surface area contributed by atoms with Crippen molar-refractivity contribution in [2.24, 2.45) is 0 Å². The van der Waals surface area contributed by atoms with Crippen molar-refractivity contribution >= 4 is 40.4 Å². The summed E-state index contributed by atoms with van der Waals surface area (Å²) in [6, 6.07) is 22.5. The minimum Gasteiger partial charge on any atom is -0.494 e. The molecule has 8 heteroatoms. The van der Waals surface area contributed by atoms with Crippen LogP contribution in [0, 0.1) is 0 Å². The first kappa shape index (κ1) is 21.9. The van der Waals surface area contributed by atoms with Crippen molar-refractivity contribution in [3.63, 3.8) is 0 Å². The van der Waals surface area contributed by atoms with E-state index in [9.17, 15) is 9.59 Å². The quantitative estimate of drug-likeness (QED) is 0.295. The number of aliphatic carboxylic acids is 1. The molecule has 0 unspecified atom stereocenters. The van der Waals surface area contributed by atoms with Gasteiger partial charge in [0, 0.05) is 23.9 Å². The van der Waals surface area contributed by atoms with Crippen LogP contribution < -0.4 is 15.4 Å². The highest BCUT2D eigenvalue weighted by Crippen LogP contribution is 2.23. The third-order valence-corrected chi connectivity index (χ3v) is 4.76. The average Bonchev–Trinajstić information content (AvgIpc) is 3.19. The van der Waals surface area contributed by atoms with E-state index in [1.165, 1.54) is 0 Å². The van der Waals surface area contributed by atoms with Crippen molar-refractivity contribution < 1.29 is 23.8 Å². The Labute approximate surface area is 190 Å². The molecule has 0 aliphatic carbocycles. The van der Waals surface area contributed by atoms with Crippen LogP contribution in [-0.4, -0.2) is 28.6 Å². The Morgan fingerprint density at radius 1 is 0.970 bits per heavy atom. The largest absolute Gasteiger partial charge is 0.494 e. The first-order valence-corrected chi connectivity index (χ1v) is 10.5. The first-order valence-electron chi connectivity index (χ1n) is 10.5. The summed E-state index contributed by atoms with van der Waals surface area (Å²) in [6.07, 6.45) is 0.642. The Bertz CT molecular complexity index is 1250. The molecule has 0 bridgehead atoms. The van der Waals surface area contributed by atoms with Gasteiger partial charge in [-0.2, -0.15) is 4.98 Å². The maximum atomic E-state index is 12.5. The SMILES string of the molecule is O=C(O)CCCOc1cccc(NC(=O)Cc2ccc3oc(Nc4ccccc4)nc3c2)c1. The maximum Gasteiger partial charge on any atom is 0.303 e. The highest BCUT2D eigenvalue weighted by Gasteiger charge is 2.10. The highest BCUT2D eigenvalue weighted by atomic mass is 16.5. The van der Waals surface area contributed by atoms with Gasteiger partial charge in [0.2, 0.25) is 5.91 Å². The zero-order valence-electron chi connectivity index (χ0n) is 17.8. The number of amides is 1. The first-order chi connectivity index (χ1) is 16.0. The Balaban J connectivity index is 1.35. The molecule has 4 rings (SSSR count). The van der Waals surface area contributed by atoms with Gasteiger partial charge in [-0.3, -0.25) is 9.59 Å². The van der Waals surface area contributed by atoms with E-state index in [4.69, 9.17) is 14.3 Å². The third-order valence-electron chi connectivity index (χ3n) is 4.76. The number of ether oxygens (including phenoxy) is 1. The number of carbonyl (C=O) groups excluding carboxylic acids is 1. The second kappa shape index (κ2) is 10.3. The minimum atomic E-state index is -0.855. The number of aromatic nitrogens is 1. The third kappa shape index (κ3) is 6.33. The lowest BCUT2D eigenvalue weighted by Gasteiger charge is -2.09. The number of rotatable bonds is 10. The fraction of sp³-hybridized carbons (Fsp3) is 0.160. The summed E-state index contributed by atoms with van der Waals surface area (Å²) in [4.78, 5) is 27.6. The molecule has 0 aliphatic rings. The number of benzene rings is 3. The van der Waals surface area contributed by atoms with Crippen LogP contribution in [0.3, 0.4) is 0 Å². The number of nitrogens with one attached hydrogen (secondary N) is 2. The second-order valence-electron chi connectivity index (χ2n) is 7.41. The molecule has 3 aromatic carbocycles. The molecular weight excluding hydrogens is 422 g/mol. The predicted molar refractivity (Wildman–Crippen MR) is 125 cm³/mol. The Morgan fingerprint density at radius 3 is 2.61 bits per heavy atom. The van der Waals surface area contributed by atoms with Gasteiger partial charge in [0.1, 0.15) is 11.3 Å². The molecule has 0 atom stereocenters. The molecule has 0 radical (unpaired) electrons. The van der Waals surface area contributed by atoms with Gasteiger partial charge in [-0.05, 0) is 48.4 Å². The molecule has 1 heterocycles. The smallest absolute Gasteiger partial charge is 0.303 e. The fourth-order valence-electron chi connectivity index (χ4n) is 3.25. The molecular formula is C25H23N3O5. The summed E-state index contributed by atoms with van der Waals surface area (Å²) in [6.45, 7) is 0.294. The summed E-state index contributed by atoms with van der Waals surface area (Å²) in [5, 5.41) is 14.7. The summed E-state index contributed by atoms with van der Waals surface area (Å²) >= 11 is 0. The van der Waals surface area contributed by atoms with Crippen LogP contribution in [0.2, 0.25) is 0 Å². The van der Waals surface area contributed by atoms with Crippen LogP contribution in [0.25, 0.3) is 11.1 Å². The lowest BCUT2D eigenvalue weighted by molar-refractivity contribution is -0.137. The van der Waals surface area contributed by atoms with Crippen LogP contribution in [-0.2, 0) is 16.0 Å². The number of fused-ring (bicyclic) bond motifs is 1. The standard InChI is InChI=1S/C25H23N3O5/c29-23(26-19-8-4-9-20(16-19)32-13-5-10-24(30)31)15-17-11-12-22-21(14-17)28-25(33-22)27-18-6-2-1-3-7-18/h1-4,6-9,11-12,14,16H,5,10,13,15H2,(H,26,29)(H,27,28)(H,30,31). The lowest BCUT2D eigenvalue weighted by Crippen LogP contribution is -2.14. The van der Waals surface area contributed by atoms with Crippen molar-refractivity contribution in [3.8, 4) is 5.75 Å². The van der Waals surface area contributed by atoms with E-state index in [1.807, 2.05) is 42.5 Å². The number of anilines is 3. The summed E-state index contributed by atoms with van der Waals surface area (Å²) in [5.74, 6) is -0.462. The van der Waals surface area contributed by atoms with E-state index in [-0.39, 0.29) is 18.7 Å². The van der Waals surface area contributed by atoms with Crippen LogP contribution in [0.1, 0.15) is 18.4 Å². The van der Waals surface area contributed by atoms with Gasteiger partial charge in [-0.25, -0.2) is 0 Å². The zero-order valence-corrected chi connectivity index (χ0v) is 17.8. The van der Waals surface area contributed by atoms with Gasteiger partial charge >= 0.3 is 5.97 Å². The van der Waals surface area contributed by atoms with Crippen molar-refractivity contribution in [3.05, 3.63) is 78.4 Å². The molecule has 0 spiro atoms. The summed E-state index contributed by atoms with van der Waals surface area (Å²) in [5.41, 5.74) is 3.57. The van der Waals surface area contributed by atoms with Crippen LogP contribution in [0.15, 0.2) is 77.2 Å². The van der Waals surface area contributed by atoms with E-state index >= 15 is 0 Å². The molecule has 1 amide bonds. The zero-order chi connectivity index (χ0) is 23.0. The van der Waals surface area contributed by atoms with E-state index in [0.717, 1.165) is 11.3 Å². The number of carbonyl (C=O) groups is 2. The van der Waals surface area contributed by atoms with Crippen LogP contribution in [0.4, 0.5) is 17.4 Å². The normalized spacial score (nSPS) is 10.7. The Kier molecular flexibility index (Phi) is 6.84. The van der Waals surface area contributed by atoms with E-state index in [1.54, 1.807) is 30.3 Å². The van der Waals surface area contributed by atoms with Crippen molar-refractivity contribution in [2.75, 3.05) is 17.2 Å². The predicted octanol–water partition coefficient (Wildman–Crippen LogP) is 5.00. The van der Waals surface area contributed by atoms with Crippen molar-refractivity contribution in [2.45, 2.75) is 19.3 Å². The molecule has 168 valence electrons. The van der Waals surface area contributed by atoms with Crippen LogP contribution >= 0.6 is 0 Å². The van der Waals surface area contributed by atoms with Gasteiger partial charge in [-0.1, -0.05) is 30.3 Å². The van der Waals surface area contributed by atoms with Crippen LogP contribution in [0.5, 0.6) is 5.75 Å². The minimum absolute atomic E-state index is 0.0517. The van der Waals surface area contributed by atoms with E-state index in [0.29, 0.717) is 41.6 Å². The number of hydrogen-bond donors (Lipinski definition) is 3. The highest BCUT2D eigenvalue weighted by molar-refractivity contribution is 5.93. The van der Waals surface area contributed by atoms with Crippen molar-refractivity contribution in [1.29, 1.82) is 0 Å². The van der Waals surface area contributed by atoms with Gasteiger partial charge in [0.05, 0.1) is 13.0 Å².